The maximum absolute atomic E-state index is 11.9. The summed E-state index contributed by atoms with van der Waals surface area (Å²) in [7, 11) is 4.08. The van der Waals surface area contributed by atoms with Gasteiger partial charge in [-0.3, -0.25) is 4.79 Å². The van der Waals surface area contributed by atoms with Crippen molar-refractivity contribution in [3.8, 4) is 0 Å². The first-order valence-corrected chi connectivity index (χ1v) is 9.51. The minimum atomic E-state index is -0.0606. The Labute approximate surface area is 157 Å². The molecule has 1 aliphatic heterocycles. The van der Waals surface area contributed by atoms with E-state index < -0.39 is 0 Å². The molecule has 2 rings (SSSR count). The number of nitrogens with zero attached hydrogens (tertiary/aromatic N) is 3. The van der Waals surface area contributed by atoms with Crippen LogP contribution in [-0.2, 0) is 16.1 Å². The fraction of sp³-hybridized carbons (Fsp3) is 0.600. The van der Waals surface area contributed by atoms with E-state index in [1.165, 1.54) is 11.3 Å². The van der Waals surface area contributed by atoms with Gasteiger partial charge in [-0.1, -0.05) is 12.1 Å². The van der Waals surface area contributed by atoms with E-state index in [9.17, 15) is 4.79 Å². The topological polar surface area (TPSA) is 57.2 Å². The Hall–Kier alpha value is -2.24. The van der Waals surface area contributed by atoms with Crippen molar-refractivity contribution in [3.05, 3.63) is 29.8 Å². The van der Waals surface area contributed by atoms with Crippen LogP contribution in [0, 0.1) is 5.92 Å². The van der Waals surface area contributed by atoms with Crippen LogP contribution in [0.4, 0.5) is 5.69 Å². The van der Waals surface area contributed by atoms with Crippen LogP contribution in [0.3, 0.4) is 0 Å². The van der Waals surface area contributed by atoms with E-state index in [2.05, 4.69) is 46.3 Å². The lowest BCUT2D eigenvalue weighted by Gasteiger charge is -2.33. The molecule has 1 saturated heterocycles. The van der Waals surface area contributed by atoms with E-state index >= 15 is 0 Å². The summed E-state index contributed by atoms with van der Waals surface area (Å²) in [6.45, 7) is 7.51. The van der Waals surface area contributed by atoms with Crippen LogP contribution in [0.2, 0.25) is 0 Å². The van der Waals surface area contributed by atoms with Crippen LogP contribution in [0.15, 0.2) is 29.3 Å². The Bertz CT molecular complexity index is 608. The van der Waals surface area contributed by atoms with Gasteiger partial charge < -0.3 is 19.9 Å². The van der Waals surface area contributed by atoms with Gasteiger partial charge in [0.05, 0.1) is 19.1 Å². The average molecular weight is 361 g/mol. The monoisotopic (exact) mass is 360 g/mol. The molecule has 0 amide bonds. The van der Waals surface area contributed by atoms with Gasteiger partial charge in [0.25, 0.3) is 0 Å². The summed E-state index contributed by atoms with van der Waals surface area (Å²) >= 11 is 0. The molecule has 1 aromatic carbocycles. The number of carbonyl (C=O) groups excluding carboxylic acids is 1. The molecule has 0 unspecified atom stereocenters. The van der Waals surface area contributed by atoms with Gasteiger partial charge in [-0.05, 0) is 44.4 Å². The standard InChI is InChI=1S/C20H32N4O2/c1-5-21-20(22-15-16-8-7-9-18(14-16)23(3)4)24-12-10-17(11-13-24)19(25)26-6-2/h7-9,14,17H,5-6,10-13,15H2,1-4H3,(H,21,22). The fourth-order valence-corrected chi connectivity index (χ4v) is 3.11. The van der Waals surface area contributed by atoms with E-state index in [-0.39, 0.29) is 11.9 Å². The number of anilines is 1. The van der Waals surface area contributed by atoms with Gasteiger partial charge in [0.2, 0.25) is 0 Å². The number of esters is 1. The maximum atomic E-state index is 11.9. The lowest BCUT2D eigenvalue weighted by atomic mass is 9.97. The molecule has 0 saturated carbocycles. The largest absolute Gasteiger partial charge is 0.466 e. The van der Waals surface area contributed by atoms with Crippen molar-refractivity contribution in [1.82, 2.24) is 10.2 Å². The lowest BCUT2D eigenvalue weighted by molar-refractivity contribution is -0.149. The smallest absolute Gasteiger partial charge is 0.309 e. The number of ether oxygens (including phenoxy) is 1. The van der Waals surface area contributed by atoms with Gasteiger partial charge in [-0.15, -0.1) is 0 Å². The van der Waals surface area contributed by atoms with Crippen molar-refractivity contribution in [2.24, 2.45) is 10.9 Å². The molecule has 1 N–H and O–H groups in total. The van der Waals surface area contributed by atoms with Gasteiger partial charge in [0.1, 0.15) is 0 Å². The summed E-state index contributed by atoms with van der Waals surface area (Å²) in [5, 5.41) is 3.38. The second-order valence-corrected chi connectivity index (χ2v) is 6.75. The summed E-state index contributed by atoms with van der Waals surface area (Å²) in [6, 6.07) is 8.43. The summed E-state index contributed by atoms with van der Waals surface area (Å²) in [4.78, 5) is 21.1. The van der Waals surface area contributed by atoms with Gasteiger partial charge in [0.15, 0.2) is 5.96 Å². The SMILES string of the molecule is CCNC(=NCc1cccc(N(C)C)c1)N1CCC(C(=O)OCC)CC1. The van der Waals surface area contributed by atoms with Crippen LogP contribution in [0.25, 0.3) is 0 Å². The first-order chi connectivity index (χ1) is 12.5. The normalized spacial score (nSPS) is 15.7. The highest BCUT2D eigenvalue weighted by Gasteiger charge is 2.27. The van der Waals surface area contributed by atoms with Gasteiger partial charge in [-0.2, -0.15) is 0 Å². The quantitative estimate of drug-likeness (QED) is 0.480. The van der Waals surface area contributed by atoms with E-state index in [1.54, 1.807) is 0 Å². The van der Waals surface area contributed by atoms with Crippen LogP contribution in [-0.4, -0.2) is 57.2 Å². The third kappa shape index (κ3) is 5.64. The molecule has 0 bridgehead atoms. The predicted molar refractivity (Wildman–Crippen MR) is 107 cm³/mol. The van der Waals surface area contributed by atoms with E-state index in [0.717, 1.165) is 38.4 Å². The zero-order valence-corrected chi connectivity index (χ0v) is 16.5. The number of rotatable bonds is 6. The summed E-state index contributed by atoms with van der Waals surface area (Å²) in [5.74, 6) is 0.880. The molecule has 0 aromatic heterocycles. The summed E-state index contributed by atoms with van der Waals surface area (Å²) < 4.78 is 5.15. The molecular formula is C20H32N4O2. The Kier molecular flexibility index (Phi) is 7.75. The van der Waals surface area contributed by atoms with E-state index in [1.807, 2.05) is 21.0 Å². The minimum Gasteiger partial charge on any atom is -0.466 e. The Balaban J connectivity index is 1.99. The molecule has 26 heavy (non-hydrogen) atoms. The molecule has 6 nitrogen and oxygen atoms in total. The third-order valence-corrected chi connectivity index (χ3v) is 4.59. The summed E-state index contributed by atoms with van der Waals surface area (Å²) in [6.07, 6.45) is 1.64. The first-order valence-electron chi connectivity index (χ1n) is 9.51. The highest BCUT2D eigenvalue weighted by atomic mass is 16.5. The molecular weight excluding hydrogens is 328 g/mol. The van der Waals surface area contributed by atoms with Crippen molar-refractivity contribution in [1.29, 1.82) is 0 Å². The predicted octanol–water partition coefficient (Wildman–Crippen LogP) is 2.49. The highest BCUT2D eigenvalue weighted by molar-refractivity contribution is 5.80. The molecule has 0 aliphatic carbocycles. The molecule has 1 aliphatic rings. The number of guanidine groups is 1. The number of likely N-dealkylation sites (tertiary alicyclic amines) is 1. The number of carbonyl (C=O) groups is 1. The van der Waals surface area contributed by atoms with Crippen LogP contribution >= 0.6 is 0 Å². The average Bonchev–Trinajstić information content (AvgIpc) is 2.65. The number of aliphatic imine (C=N–C) groups is 1. The van der Waals surface area contributed by atoms with Crippen molar-refractivity contribution in [2.45, 2.75) is 33.2 Å². The molecule has 0 spiro atoms. The van der Waals surface area contributed by atoms with Gasteiger partial charge in [-0.25, -0.2) is 4.99 Å². The second-order valence-electron chi connectivity index (χ2n) is 6.75. The van der Waals surface area contributed by atoms with E-state index in [4.69, 9.17) is 9.73 Å². The molecule has 0 radical (unpaired) electrons. The van der Waals surface area contributed by atoms with Gasteiger partial charge in [0, 0.05) is 39.4 Å². The fourth-order valence-electron chi connectivity index (χ4n) is 3.11. The van der Waals surface area contributed by atoms with E-state index in [0.29, 0.717) is 13.2 Å². The number of nitrogens with one attached hydrogen (secondary N) is 1. The molecule has 1 aromatic rings. The number of hydrogen-bond donors (Lipinski definition) is 1. The summed E-state index contributed by atoms with van der Waals surface area (Å²) in [5.41, 5.74) is 2.37. The van der Waals surface area contributed by atoms with Crippen LogP contribution in [0.1, 0.15) is 32.3 Å². The number of hydrogen-bond acceptors (Lipinski definition) is 4. The van der Waals surface area contributed by atoms with Crippen molar-refractivity contribution in [2.75, 3.05) is 45.2 Å². The van der Waals surface area contributed by atoms with Gasteiger partial charge >= 0.3 is 5.97 Å². The highest BCUT2D eigenvalue weighted by Crippen LogP contribution is 2.19. The Morgan fingerprint density at radius 3 is 2.65 bits per heavy atom. The molecule has 0 atom stereocenters. The lowest BCUT2D eigenvalue weighted by Crippen LogP contribution is -2.46. The number of piperidine rings is 1. The third-order valence-electron chi connectivity index (χ3n) is 4.59. The molecule has 144 valence electrons. The number of benzene rings is 1. The maximum Gasteiger partial charge on any atom is 0.309 e. The minimum absolute atomic E-state index is 0.0193. The zero-order chi connectivity index (χ0) is 18.9. The Morgan fingerprint density at radius 2 is 2.04 bits per heavy atom. The second kappa shape index (κ2) is 10.0. The Morgan fingerprint density at radius 1 is 1.31 bits per heavy atom. The molecule has 6 heteroatoms. The van der Waals surface area contributed by atoms with Crippen molar-refractivity contribution >= 4 is 17.6 Å². The zero-order valence-electron chi connectivity index (χ0n) is 16.5. The van der Waals surface area contributed by atoms with Crippen LogP contribution < -0.4 is 10.2 Å². The van der Waals surface area contributed by atoms with Crippen molar-refractivity contribution in [3.63, 3.8) is 0 Å². The van der Waals surface area contributed by atoms with Crippen molar-refractivity contribution < 1.29 is 9.53 Å². The molecule has 1 fully saturated rings. The first kappa shape index (κ1) is 20.1. The molecule has 1 heterocycles. The van der Waals surface area contributed by atoms with Crippen LogP contribution in [0.5, 0.6) is 0 Å².